The Kier molecular flexibility index (Phi) is 4.36. The van der Waals surface area contributed by atoms with E-state index in [4.69, 9.17) is 4.74 Å². The first-order valence-electron chi connectivity index (χ1n) is 6.49. The summed E-state index contributed by atoms with van der Waals surface area (Å²) in [6, 6.07) is 0.643. The fraction of sp³-hybridized carbons (Fsp3) is 0.917. The van der Waals surface area contributed by atoms with Gasteiger partial charge in [0.25, 0.3) is 0 Å². The highest BCUT2D eigenvalue weighted by Gasteiger charge is 2.29. The van der Waals surface area contributed by atoms with Crippen molar-refractivity contribution in [1.29, 1.82) is 0 Å². The maximum absolute atomic E-state index is 12.0. The van der Waals surface area contributed by atoms with Crippen molar-refractivity contribution in [2.75, 3.05) is 20.2 Å². The zero-order valence-electron chi connectivity index (χ0n) is 10.7. The molecule has 1 aliphatic carbocycles. The maximum atomic E-state index is 12.0. The first-order chi connectivity index (χ1) is 8.19. The van der Waals surface area contributed by atoms with Crippen LogP contribution in [0.1, 0.15) is 26.2 Å². The van der Waals surface area contributed by atoms with Crippen LogP contribution in [0.5, 0.6) is 0 Å². The number of piperazine rings is 1. The van der Waals surface area contributed by atoms with Crippen LogP contribution in [-0.2, 0) is 9.53 Å². The quantitative estimate of drug-likeness (QED) is 0.630. The molecule has 98 valence electrons. The molecular formula is C12H23N3O2. The third kappa shape index (κ3) is 3.40. The monoisotopic (exact) mass is 241 g/mol. The molecule has 1 amide bonds. The molecule has 3 N–H and O–H groups in total. The van der Waals surface area contributed by atoms with Crippen molar-refractivity contribution in [2.45, 2.75) is 50.4 Å². The third-order valence-electron chi connectivity index (χ3n) is 3.72. The number of rotatable bonds is 3. The largest absolute Gasteiger partial charge is 0.381 e. The van der Waals surface area contributed by atoms with Gasteiger partial charge in [0.05, 0.1) is 12.1 Å². The molecule has 1 heterocycles. The van der Waals surface area contributed by atoms with Gasteiger partial charge < -0.3 is 20.7 Å². The van der Waals surface area contributed by atoms with Crippen LogP contribution in [0.4, 0.5) is 0 Å². The van der Waals surface area contributed by atoms with E-state index >= 15 is 0 Å². The van der Waals surface area contributed by atoms with Gasteiger partial charge >= 0.3 is 0 Å². The maximum Gasteiger partial charge on any atom is 0.238 e. The number of methoxy groups -OCH3 is 1. The number of hydrogen-bond acceptors (Lipinski definition) is 4. The predicted molar refractivity (Wildman–Crippen MR) is 65.8 cm³/mol. The highest BCUT2D eigenvalue weighted by molar-refractivity contribution is 5.82. The Hall–Kier alpha value is -0.650. The lowest BCUT2D eigenvalue weighted by atomic mass is 10.1. The van der Waals surface area contributed by atoms with Crippen molar-refractivity contribution in [1.82, 2.24) is 16.0 Å². The molecule has 17 heavy (non-hydrogen) atoms. The van der Waals surface area contributed by atoms with E-state index in [1.807, 2.05) is 0 Å². The molecule has 2 rings (SSSR count). The zero-order valence-corrected chi connectivity index (χ0v) is 10.7. The minimum absolute atomic E-state index is 0.0900. The molecule has 2 fully saturated rings. The van der Waals surface area contributed by atoms with E-state index in [-0.39, 0.29) is 18.0 Å². The lowest BCUT2D eigenvalue weighted by Crippen LogP contribution is -2.59. The van der Waals surface area contributed by atoms with Gasteiger partial charge in [-0.1, -0.05) is 0 Å². The summed E-state index contributed by atoms with van der Waals surface area (Å²) >= 11 is 0. The first kappa shape index (κ1) is 12.8. The van der Waals surface area contributed by atoms with E-state index in [9.17, 15) is 4.79 Å². The van der Waals surface area contributed by atoms with Crippen molar-refractivity contribution < 1.29 is 9.53 Å². The highest BCUT2D eigenvalue weighted by atomic mass is 16.5. The van der Waals surface area contributed by atoms with Gasteiger partial charge in [-0.05, 0) is 26.2 Å². The van der Waals surface area contributed by atoms with Crippen LogP contribution in [0.3, 0.4) is 0 Å². The molecule has 5 nitrogen and oxygen atoms in total. The normalized spacial score (nSPS) is 38.0. The molecule has 0 aromatic heterocycles. The summed E-state index contributed by atoms with van der Waals surface area (Å²) in [5.41, 5.74) is 0. The summed E-state index contributed by atoms with van der Waals surface area (Å²) in [4.78, 5) is 12.0. The second-order valence-electron chi connectivity index (χ2n) is 5.15. The van der Waals surface area contributed by atoms with Crippen molar-refractivity contribution in [3.8, 4) is 0 Å². The van der Waals surface area contributed by atoms with E-state index in [0.717, 1.165) is 25.8 Å². The van der Waals surface area contributed by atoms with Crippen LogP contribution in [0.25, 0.3) is 0 Å². The second-order valence-corrected chi connectivity index (χ2v) is 5.15. The van der Waals surface area contributed by atoms with Crippen molar-refractivity contribution in [3.05, 3.63) is 0 Å². The van der Waals surface area contributed by atoms with Crippen LogP contribution in [0.2, 0.25) is 0 Å². The van der Waals surface area contributed by atoms with Gasteiger partial charge in [-0.15, -0.1) is 0 Å². The molecule has 0 aromatic rings. The average molecular weight is 241 g/mol. The second kappa shape index (κ2) is 5.80. The number of nitrogens with one attached hydrogen (secondary N) is 3. The number of hydrogen-bond donors (Lipinski definition) is 3. The number of ether oxygens (including phenoxy) is 1. The molecule has 0 aromatic carbocycles. The molecule has 1 saturated carbocycles. The molecular weight excluding hydrogens is 218 g/mol. The van der Waals surface area contributed by atoms with Crippen molar-refractivity contribution in [3.63, 3.8) is 0 Å². The van der Waals surface area contributed by atoms with Gasteiger partial charge in [-0.3, -0.25) is 4.79 Å². The van der Waals surface area contributed by atoms with Gasteiger partial charge in [-0.25, -0.2) is 0 Å². The number of carbonyl (C=O) groups excluding carboxylic acids is 1. The van der Waals surface area contributed by atoms with Gasteiger partial charge in [0, 0.05) is 32.3 Å². The summed E-state index contributed by atoms with van der Waals surface area (Å²) in [6.45, 7) is 3.68. The van der Waals surface area contributed by atoms with Crippen LogP contribution in [-0.4, -0.2) is 50.3 Å². The van der Waals surface area contributed by atoms with Gasteiger partial charge in [0.1, 0.15) is 0 Å². The number of amides is 1. The minimum atomic E-state index is -0.0900. The van der Waals surface area contributed by atoms with E-state index < -0.39 is 0 Å². The average Bonchev–Trinajstić information content (AvgIpc) is 2.77. The summed E-state index contributed by atoms with van der Waals surface area (Å²) in [5.74, 6) is 0.117. The first-order valence-corrected chi connectivity index (χ1v) is 6.49. The Bertz CT molecular complexity index is 264. The Balaban J connectivity index is 1.74. The van der Waals surface area contributed by atoms with Crippen LogP contribution >= 0.6 is 0 Å². The third-order valence-corrected chi connectivity index (χ3v) is 3.72. The van der Waals surface area contributed by atoms with Gasteiger partial charge in [0.2, 0.25) is 5.91 Å². The van der Waals surface area contributed by atoms with Crippen LogP contribution < -0.4 is 16.0 Å². The topological polar surface area (TPSA) is 62.4 Å². The standard InChI is InChI=1S/C12H23N3O2/c1-8-6-14-11(7-13-8)12(16)15-9-3-4-10(5-9)17-2/h8-11,13-14H,3-7H2,1-2H3,(H,15,16). The van der Waals surface area contributed by atoms with Crippen molar-refractivity contribution >= 4 is 5.91 Å². The van der Waals surface area contributed by atoms with E-state index in [2.05, 4.69) is 22.9 Å². The zero-order chi connectivity index (χ0) is 12.3. The number of carbonyl (C=O) groups is 1. The van der Waals surface area contributed by atoms with Gasteiger partial charge in [0.15, 0.2) is 0 Å². The molecule has 0 radical (unpaired) electrons. The molecule has 1 saturated heterocycles. The van der Waals surface area contributed by atoms with Gasteiger partial charge in [-0.2, -0.15) is 0 Å². The van der Waals surface area contributed by atoms with Crippen molar-refractivity contribution in [2.24, 2.45) is 0 Å². The summed E-state index contributed by atoms with van der Waals surface area (Å²) in [7, 11) is 1.74. The van der Waals surface area contributed by atoms with Crippen LogP contribution in [0, 0.1) is 0 Å². The Morgan fingerprint density at radius 1 is 1.29 bits per heavy atom. The Morgan fingerprint density at radius 3 is 2.71 bits per heavy atom. The van der Waals surface area contributed by atoms with E-state index in [0.29, 0.717) is 18.7 Å². The molecule has 4 atom stereocenters. The van der Waals surface area contributed by atoms with E-state index in [1.165, 1.54) is 0 Å². The molecule has 5 heteroatoms. The van der Waals surface area contributed by atoms with Crippen LogP contribution in [0.15, 0.2) is 0 Å². The Morgan fingerprint density at radius 2 is 2.12 bits per heavy atom. The smallest absolute Gasteiger partial charge is 0.238 e. The minimum Gasteiger partial charge on any atom is -0.381 e. The lowest BCUT2D eigenvalue weighted by molar-refractivity contribution is -0.124. The summed E-state index contributed by atoms with van der Waals surface area (Å²) in [6.07, 6.45) is 3.34. The Labute approximate surface area is 103 Å². The highest BCUT2D eigenvalue weighted by Crippen LogP contribution is 2.21. The molecule has 0 bridgehead atoms. The predicted octanol–water partition coefficient (Wildman–Crippen LogP) is -0.380. The fourth-order valence-corrected chi connectivity index (χ4v) is 2.55. The summed E-state index contributed by atoms with van der Waals surface area (Å²) < 4.78 is 5.30. The lowest BCUT2D eigenvalue weighted by Gasteiger charge is -2.29. The molecule has 4 unspecified atom stereocenters. The summed E-state index contributed by atoms with van der Waals surface area (Å²) in [5, 5.41) is 9.68. The SMILES string of the molecule is COC1CCC(NC(=O)C2CNC(C)CN2)C1. The van der Waals surface area contributed by atoms with E-state index in [1.54, 1.807) is 7.11 Å². The molecule has 2 aliphatic rings. The fourth-order valence-electron chi connectivity index (χ4n) is 2.55. The molecule has 0 spiro atoms. The molecule has 1 aliphatic heterocycles.